The molecule has 2 aromatic rings. The Bertz CT molecular complexity index is 887. The van der Waals surface area contributed by atoms with Gasteiger partial charge in [-0.1, -0.05) is 6.07 Å². The zero-order chi connectivity index (χ0) is 20.2. The molecule has 1 aromatic carbocycles. The fourth-order valence-corrected chi connectivity index (χ4v) is 3.85. The summed E-state index contributed by atoms with van der Waals surface area (Å²) in [6.45, 7) is 4.42. The first-order valence-electron chi connectivity index (χ1n) is 9.98. The minimum atomic E-state index is -0.283. The van der Waals surface area contributed by atoms with Gasteiger partial charge in [-0.25, -0.2) is 0 Å². The minimum Gasteiger partial charge on any atom is -0.454 e. The number of likely N-dealkylation sites (tertiary alicyclic amines) is 1. The second-order valence-corrected chi connectivity index (χ2v) is 7.39. The lowest BCUT2D eigenvalue weighted by Gasteiger charge is -2.24. The Hall–Kier alpha value is -3.09. The molecular weight excluding hydrogens is 370 g/mol. The Morgan fingerprint density at radius 1 is 1.17 bits per heavy atom. The number of likely N-dealkylation sites (N-methyl/N-ethyl adjacent to an activating group) is 1. The summed E-state index contributed by atoms with van der Waals surface area (Å²) < 4.78 is 10.7. The standard InChI is InChI=1S/C22H25N3O4/c1-2-24(10-7-16-5-8-23-9-6-16)22(27)18-12-21(26)25(14-18)13-17-3-4-19-20(11-17)29-15-28-19/h3-6,8-9,11,18H,2,7,10,12-15H2,1H3. The van der Waals surface area contributed by atoms with Crippen LogP contribution in [0.15, 0.2) is 42.7 Å². The van der Waals surface area contributed by atoms with E-state index in [0.717, 1.165) is 23.3 Å². The van der Waals surface area contributed by atoms with Crippen molar-refractivity contribution in [2.75, 3.05) is 26.4 Å². The Morgan fingerprint density at radius 2 is 1.97 bits per heavy atom. The molecule has 29 heavy (non-hydrogen) atoms. The van der Waals surface area contributed by atoms with Crippen LogP contribution >= 0.6 is 0 Å². The van der Waals surface area contributed by atoms with Crippen LogP contribution in [0.3, 0.4) is 0 Å². The van der Waals surface area contributed by atoms with Gasteiger partial charge in [0.2, 0.25) is 18.6 Å². The van der Waals surface area contributed by atoms with Crippen LogP contribution in [0, 0.1) is 5.92 Å². The maximum atomic E-state index is 13.0. The smallest absolute Gasteiger partial charge is 0.231 e. The monoisotopic (exact) mass is 395 g/mol. The molecule has 7 heteroatoms. The summed E-state index contributed by atoms with van der Waals surface area (Å²) >= 11 is 0. The van der Waals surface area contributed by atoms with Gasteiger partial charge >= 0.3 is 0 Å². The molecule has 4 rings (SSSR count). The third-order valence-corrected chi connectivity index (χ3v) is 5.49. The van der Waals surface area contributed by atoms with Crippen LogP contribution in [0.5, 0.6) is 11.5 Å². The van der Waals surface area contributed by atoms with Crippen molar-refractivity contribution in [3.8, 4) is 11.5 Å². The predicted molar refractivity (Wildman–Crippen MR) is 106 cm³/mol. The number of benzene rings is 1. The predicted octanol–water partition coefficient (Wildman–Crippen LogP) is 2.25. The Kier molecular flexibility index (Phi) is 5.64. The summed E-state index contributed by atoms with van der Waals surface area (Å²) in [4.78, 5) is 33.1. The maximum Gasteiger partial charge on any atom is 0.231 e. The molecule has 1 saturated heterocycles. The number of fused-ring (bicyclic) bond motifs is 1. The highest BCUT2D eigenvalue weighted by Crippen LogP contribution is 2.33. The lowest BCUT2D eigenvalue weighted by atomic mass is 10.1. The van der Waals surface area contributed by atoms with Crippen LogP contribution in [-0.4, -0.2) is 53.0 Å². The first-order valence-corrected chi connectivity index (χ1v) is 9.98. The van der Waals surface area contributed by atoms with E-state index in [1.165, 1.54) is 0 Å². The molecule has 0 bridgehead atoms. The molecule has 0 radical (unpaired) electrons. The number of amides is 2. The molecule has 2 amide bonds. The summed E-state index contributed by atoms with van der Waals surface area (Å²) in [5.74, 6) is 1.22. The average Bonchev–Trinajstić information content (AvgIpc) is 3.35. The van der Waals surface area contributed by atoms with E-state index in [9.17, 15) is 9.59 Å². The first kappa shape index (κ1) is 19.2. The molecule has 152 valence electrons. The van der Waals surface area contributed by atoms with Gasteiger partial charge in [-0.2, -0.15) is 0 Å². The molecule has 0 aliphatic carbocycles. The van der Waals surface area contributed by atoms with E-state index in [-0.39, 0.29) is 30.9 Å². The largest absolute Gasteiger partial charge is 0.454 e. The number of hydrogen-bond acceptors (Lipinski definition) is 5. The number of rotatable bonds is 7. The lowest BCUT2D eigenvalue weighted by Crippen LogP contribution is -2.38. The maximum absolute atomic E-state index is 13.0. The van der Waals surface area contributed by atoms with Crippen LogP contribution in [0.1, 0.15) is 24.5 Å². The van der Waals surface area contributed by atoms with Gasteiger partial charge in [0.1, 0.15) is 0 Å². The highest BCUT2D eigenvalue weighted by Gasteiger charge is 2.36. The average molecular weight is 395 g/mol. The Labute approximate surface area is 170 Å². The third kappa shape index (κ3) is 4.34. The van der Waals surface area contributed by atoms with Gasteiger partial charge in [-0.15, -0.1) is 0 Å². The highest BCUT2D eigenvalue weighted by atomic mass is 16.7. The molecule has 7 nitrogen and oxygen atoms in total. The van der Waals surface area contributed by atoms with Crippen molar-refractivity contribution in [1.82, 2.24) is 14.8 Å². The van der Waals surface area contributed by atoms with E-state index in [4.69, 9.17) is 9.47 Å². The molecule has 2 aliphatic heterocycles. The Morgan fingerprint density at radius 3 is 2.76 bits per heavy atom. The van der Waals surface area contributed by atoms with E-state index in [2.05, 4.69) is 4.98 Å². The summed E-state index contributed by atoms with van der Waals surface area (Å²) in [5, 5.41) is 0. The van der Waals surface area contributed by atoms with E-state index in [1.807, 2.05) is 42.2 Å². The van der Waals surface area contributed by atoms with Gasteiger partial charge in [0, 0.05) is 45.0 Å². The molecule has 1 atom stereocenters. The molecule has 0 N–H and O–H groups in total. The third-order valence-electron chi connectivity index (χ3n) is 5.49. The molecule has 3 heterocycles. The normalized spacial score (nSPS) is 17.6. The molecule has 1 unspecified atom stereocenters. The van der Waals surface area contributed by atoms with Gasteiger partial charge in [0.15, 0.2) is 11.5 Å². The molecule has 1 fully saturated rings. The summed E-state index contributed by atoms with van der Waals surface area (Å²) in [6.07, 6.45) is 4.58. The fraction of sp³-hybridized carbons (Fsp3) is 0.409. The molecule has 2 aliphatic rings. The van der Waals surface area contributed by atoms with Crippen LogP contribution < -0.4 is 9.47 Å². The van der Waals surface area contributed by atoms with Crippen LogP contribution in [0.2, 0.25) is 0 Å². The van der Waals surface area contributed by atoms with Crippen molar-refractivity contribution in [2.24, 2.45) is 5.92 Å². The zero-order valence-corrected chi connectivity index (χ0v) is 16.5. The first-order chi connectivity index (χ1) is 14.1. The number of aromatic nitrogens is 1. The number of nitrogens with zero attached hydrogens (tertiary/aromatic N) is 3. The summed E-state index contributed by atoms with van der Waals surface area (Å²) in [7, 11) is 0. The van der Waals surface area contributed by atoms with Gasteiger partial charge in [-0.3, -0.25) is 14.6 Å². The van der Waals surface area contributed by atoms with Crippen LogP contribution in [0.25, 0.3) is 0 Å². The van der Waals surface area contributed by atoms with Crippen LogP contribution in [0.4, 0.5) is 0 Å². The fourth-order valence-electron chi connectivity index (χ4n) is 3.85. The van der Waals surface area contributed by atoms with E-state index < -0.39 is 0 Å². The molecular formula is C22H25N3O4. The second-order valence-electron chi connectivity index (χ2n) is 7.39. The SMILES string of the molecule is CCN(CCc1ccncc1)C(=O)C1CC(=O)N(Cc2ccc3c(c2)OCO3)C1. The topological polar surface area (TPSA) is 72.0 Å². The van der Waals surface area contributed by atoms with E-state index in [1.54, 1.807) is 17.3 Å². The zero-order valence-electron chi connectivity index (χ0n) is 16.5. The van der Waals surface area contributed by atoms with Gasteiger partial charge < -0.3 is 19.3 Å². The number of pyridine rings is 1. The van der Waals surface area contributed by atoms with Gasteiger partial charge in [0.05, 0.1) is 5.92 Å². The van der Waals surface area contributed by atoms with Crippen molar-refractivity contribution >= 4 is 11.8 Å². The highest BCUT2D eigenvalue weighted by molar-refractivity contribution is 5.89. The number of hydrogen-bond donors (Lipinski definition) is 0. The van der Waals surface area contributed by atoms with Gasteiger partial charge in [0.25, 0.3) is 0 Å². The van der Waals surface area contributed by atoms with Crippen molar-refractivity contribution in [3.63, 3.8) is 0 Å². The van der Waals surface area contributed by atoms with Gasteiger partial charge in [-0.05, 0) is 48.7 Å². The number of carbonyl (C=O) groups excluding carboxylic acids is 2. The summed E-state index contributed by atoms with van der Waals surface area (Å²) in [5.41, 5.74) is 2.12. The summed E-state index contributed by atoms with van der Waals surface area (Å²) in [6, 6.07) is 9.62. The molecule has 0 saturated carbocycles. The van der Waals surface area contributed by atoms with Crippen molar-refractivity contribution in [2.45, 2.75) is 26.3 Å². The minimum absolute atomic E-state index is 0.0196. The van der Waals surface area contributed by atoms with E-state index >= 15 is 0 Å². The van der Waals surface area contributed by atoms with Crippen molar-refractivity contribution in [1.29, 1.82) is 0 Å². The van der Waals surface area contributed by atoms with E-state index in [0.29, 0.717) is 31.9 Å². The van der Waals surface area contributed by atoms with Crippen molar-refractivity contribution < 1.29 is 19.1 Å². The van der Waals surface area contributed by atoms with Crippen molar-refractivity contribution in [3.05, 3.63) is 53.9 Å². The Balaban J connectivity index is 1.35. The number of ether oxygens (including phenoxy) is 2. The number of carbonyl (C=O) groups is 2. The van der Waals surface area contributed by atoms with Crippen LogP contribution in [-0.2, 0) is 22.6 Å². The second kappa shape index (κ2) is 8.51. The lowest BCUT2D eigenvalue weighted by molar-refractivity contribution is -0.135. The quantitative estimate of drug-likeness (QED) is 0.719. The molecule has 0 spiro atoms. The molecule has 1 aromatic heterocycles.